The molecule has 180 valence electrons. The number of rotatable bonds is 9. The van der Waals surface area contributed by atoms with Gasteiger partial charge in [-0.25, -0.2) is 0 Å². The highest BCUT2D eigenvalue weighted by Gasteiger charge is 2.26. The lowest BCUT2D eigenvalue weighted by molar-refractivity contribution is 0.0966. The van der Waals surface area contributed by atoms with E-state index >= 15 is 0 Å². The van der Waals surface area contributed by atoms with Gasteiger partial charge in [0.05, 0.1) is 11.3 Å². The van der Waals surface area contributed by atoms with Crippen LogP contribution in [0.4, 0.5) is 22.7 Å². The van der Waals surface area contributed by atoms with Crippen LogP contribution in [0.2, 0.25) is 0 Å². The van der Waals surface area contributed by atoms with Gasteiger partial charge in [-0.15, -0.1) is 0 Å². The summed E-state index contributed by atoms with van der Waals surface area (Å²) in [5.74, 6) is -0.420. The summed E-state index contributed by atoms with van der Waals surface area (Å²) in [7, 11) is 0. The molecule has 2 aliphatic heterocycles. The van der Waals surface area contributed by atoms with Crippen molar-refractivity contribution in [2.45, 2.75) is 25.8 Å². The molecule has 0 unspecified atom stereocenters. The van der Waals surface area contributed by atoms with E-state index in [1.165, 1.54) is 25.9 Å². The summed E-state index contributed by atoms with van der Waals surface area (Å²) in [6, 6.07) is 21.0. The van der Waals surface area contributed by atoms with E-state index in [1.807, 2.05) is 60.7 Å². The average Bonchev–Trinajstić information content (AvgIpc) is 3.55. The number of amides is 2. The summed E-state index contributed by atoms with van der Waals surface area (Å²) in [5, 5.41) is 12.6. The second kappa shape index (κ2) is 10.6. The number of hydrogen-bond acceptors (Lipinski definition) is 5. The lowest BCUT2D eigenvalue weighted by atomic mass is 10.0. The highest BCUT2D eigenvalue weighted by Crippen LogP contribution is 2.33. The fourth-order valence-electron chi connectivity index (χ4n) is 4.72. The Labute approximate surface area is 205 Å². The summed E-state index contributed by atoms with van der Waals surface area (Å²) in [6.07, 6.45) is 3.74. The third-order valence-electron chi connectivity index (χ3n) is 6.59. The van der Waals surface area contributed by atoms with Gasteiger partial charge in [0.25, 0.3) is 11.8 Å². The first-order valence-corrected chi connectivity index (χ1v) is 12.3. The molecule has 7 heteroatoms. The zero-order valence-corrected chi connectivity index (χ0v) is 19.8. The zero-order valence-electron chi connectivity index (χ0n) is 19.8. The predicted molar refractivity (Wildman–Crippen MR) is 141 cm³/mol. The highest BCUT2D eigenvalue weighted by atomic mass is 16.2. The van der Waals surface area contributed by atoms with E-state index in [-0.39, 0.29) is 11.8 Å². The number of para-hydroxylation sites is 1. The van der Waals surface area contributed by atoms with Crippen molar-refractivity contribution in [2.75, 3.05) is 42.1 Å². The number of fused-ring (bicyclic) bond motifs is 1. The maximum absolute atomic E-state index is 12.9. The van der Waals surface area contributed by atoms with Crippen LogP contribution in [0.15, 0.2) is 66.7 Å². The Bertz CT molecular complexity index is 1190. The fourth-order valence-corrected chi connectivity index (χ4v) is 4.72. The molecule has 0 aliphatic carbocycles. The molecule has 2 amide bonds. The average molecular weight is 470 g/mol. The number of carbonyl (C=O) groups is 2. The molecule has 0 aromatic heterocycles. The third kappa shape index (κ3) is 5.46. The van der Waals surface area contributed by atoms with Gasteiger partial charge in [-0.1, -0.05) is 18.2 Å². The van der Waals surface area contributed by atoms with Gasteiger partial charge in [-0.05, 0) is 87.4 Å². The maximum atomic E-state index is 12.9. The summed E-state index contributed by atoms with van der Waals surface area (Å²) < 4.78 is 0. The summed E-state index contributed by atoms with van der Waals surface area (Å²) in [6.45, 7) is 4.91. The minimum atomic E-state index is -0.240. The Morgan fingerprint density at radius 1 is 0.886 bits per heavy atom. The molecule has 0 bridgehead atoms. The van der Waals surface area contributed by atoms with E-state index in [1.54, 1.807) is 6.07 Å². The molecule has 0 radical (unpaired) electrons. The number of nitrogens with zero attached hydrogens (tertiary/aromatic N) is 1. The lowest BCUT2D eigenvalue weighted by Crippen LogP contribution is -2.22. The minimum Gasteiger partial charge on any atom is -0.385 e. The first-order valence-electron chi connectivity index (χ1n) is 12.3. The van der Waals surface area contributed by atoms with Crippen molar-refractivity contribution in [3.8, 4) is 0 Å². The van der Waals surface area contributed by atoms with E-state index in [0.29, 0.717) is 23.4 Å². The Morgan fingerprint density at radius 3 is 2.40 bits per heavy atom. The molecule has 1 fully saturated rings. The molecule has 2 aliphatic rings. The van der Waals surface area contributed by atoms with Crippen LogP contribution in [0.3, 0.4) is 0 Å². The molecule has 5 rings (SSSR count). The molecule has 0 spiro atoms. The van der Waals surface area contributed by atoms with Crippen LogP contribution in [0.1, 0.15) is 45.5 Å². The first kappa shape index (κ1) is 22.9. The van der Waals surface area contributed by atoms with Crippen LogP contribution >= 0.6 is 0 Å². The Balaban J connectivity index is 1.21. The van der Waals surface area contributed by atoms with Gasteiger partial charge >= 0.3 is 0 Å². The zero-order chi connectivity index (χ0) is 24.0. The van der Waals surface area contributed by atoms with Gasteiger partial charge < -0.3 is 26.2 Å². The topological polar surface area (TPSA) is 85.5 Å². The van der Waals surface area contributed by atoms with Gasteiger partial charge in [0.15, 0.2) is 0 Å². The van der Waals surface area contributed by atoms with Crippen molar-refractivity contribution in [1.82, 2.24) is 10.2 Å². The van der Waals surface area contributed by atoms with Crippen LogP contribution in [0.5, 0.6) is 0 Å². The van der Waals surface area contributed by atoms with Gasteiger partial charge in [0.2, 0.25) is 0 Å². The van der Waals surface area contributed by atoms with Crippen LogP contribution in [-0.2, 0) is 6.54 Å². The van der Waals surface area contributed by atoms with Gasteiger partial charge in [-0.2, -0.15) is 0 Å². The summed E-state index contributed by atoms with van der Waals surface area (Å²) in [4.78, 5) is 28.0. The van der Waals surface area contributed by atoms with Gasteiger partial charge in [-0.3, -0.25) is 9.59 Å². The smallest absolute Gasteiger partial charge is 0.255 e. The van der Waals surface area contributed by atoms with Crippen molar-refractivity contribution >= 4 is 34.6 Å². The van der Waals surface area contributed by atoms with Crippen molar-refractivity contribution in [3.05, 3.63) is 83.4 Å². The summed E-state index contributed by atoms with van der Waals surface area (Å²) >= 11 is 0. The SMILES string of the molecule is O=C(Nc1ccc(Nc2ccccc2)c2c1C(=O)NC2)c1ccc(NCCCN2CCCC2)cc1. The van der Waals surface area contributed by atoms with Crippen LogP contribution in [-0.4, -0.2) is 42.9 Å². The standard InChI is InChI=1S/C28H31N5O2/c34-27(20-9-11-21(12-10-20)29-15-6-18-33-16-4-5-17-33)32-25-14-13-24(23-19-30-28(35)26(23)25)31-22-7-2-1-3-8-22/h1-3,7-14,29,31H,4-6,15-19H2,(H,30,35)(H,32,34). The molecule has 35 heavy (non-hydrogen) atoms. The molecule has 0 atom stereocenters. The minimum absolute atomic E-state index is 0.180. The Kier molecular flexibility index (Phi) is 6.95. The largest absolute Gasteiger partial charge is 0.385 e. The molecule has 7 nitrogen and oxygen atoms in total. The van der Waals surface area contributed by atoms with Crippen LogP contribution in [0.25, 0.3) is 0 Å². The number of benzene rings is 3. The first-order chi connectivity index (χ1) is 17.2. The van der Waals surface area contributed by atoms with Gasteiger partial charge in [0, 0.05) is 41.3 Å². The quantitative estimate of drug-likeness (QED) is 0.338. The molecule has 4 N–H and O–H groups in total. The van der Waals surface area contributed by atoms with E-state index in [9.17, 15) is 9.59 Å². The van der Waals surface area contributed by atoms with E-state index in [0.717, 1.165) is 42.1 Å². The fraction of sp³-hybridized carbons (Fsp3) is 0.286. The third-order valence-corrected chi connectivity index (χ3v) is 6.59. The molecule has 0 saturated carbocycles. The number of hydrogen-bond donors (Lipinski definition) is 4. The molecule has 1 saturated heterocycles. The van der Waals surface area contributed by atoms with E-state index in [2.05, 4.69) is 26.2 Å². The second-order valence-electron chi connectivity index (χ2n) is 9.05. The number of anilines is 4. The number of carbonyl (C=O) groups excluding carboxylic acids is 2. The highest BCUT2D eigenvalue weighted by molar-refractivity contribution is 6.11. The molecular formula is C28H31N5O2. The van der Waals surface area contributed by atoms with Crippen LogP contribution in [0, 0.1) is 0 Å². The monoisotopic (exact) mass is 469 g/mol. The van der Waals surface area contributed by atoms with Crippen molar-refractivity contribution < 1.29 is 9.59 Å². The van der Waals surface area contributed by atoms with Crippen molar-refractivity contribution in [1.29, 1.82) is 0 Å². The molecule has 3 aromatic rings. The molecule has 3 aromatic carbocycles. The lowest BCUT2D eigenvalue weighted by Gasteiger charge is -2.15. The van der Waals surface area contributed by atoms with Gasteiger partial charge in [0.1, 0.15) is 0 Å². The van der Waals surface area contributed by atoms with E-state index in [4.69, 9.17) is 0 Å². The number of nitrogens with one attached hydrogen (secondary N) is 4. The summed E-state index contributed by atoms with van der Waals surface area (Å²) in [5.41, 5.74) is 5.22. The molecule has 2 heterocycles. The maximum Gasteiger partial charge on any atom is 0.255 e. The van der Waals surface area contributed by atoms with Crippen LogP contribution < -0.4 is 21.3 Å². The van der Waals surface area contributed by atoms with Crippen molar-refractivity contribution in [3.63, 3.8) is 0 Å². The molecular weight excluding hydrogens is 438 g/mol. The van der Waals surface area contributed by atoms with Crippen molar-refractivity contribution in [2.24, 2.45) is 0 Å². The normalized spacial score (nSPS) is 14.9. The Morgan fingerprint density at radius 2 is 1.63 bits per heavy atom. The Hall–Kier alpha value is -3.84. The second-order valence-corrected chi connectivity index (χ2v) is 9.05. The van der Waals surface area contributed by atoms with E-state index < -0.39 is 0 Å². The number of likely N-dealkylation sites (tertiary alicyclic amines) is 1. The predicted octanol–water partition coefficient (Wildman–Crippen LogP) is 4.82.